The van der Waals surface area contributed by atoms with E-state index in [0.717, 1.165) is 0 Å². The van der Waals surface area contributed by atoms with Gasteiger partial charge in [-0.3, -0.25) is 4.68 Å². The molecule has 1 aromatic rings. The van der Waals surface area contributed by atoms with Gasteiger partial charge in [-0.1, -0.05) is 0 Å². The fourth-order valence-electron chi connectivity index (χ4n) is 0.313. The quantitative estimate of drug-likeness (QED) is 0.495. The first-order valence-corrected chi connectivity index (χ1v) is 2.18. The standard InChI is InChI=1S/C3H4ClN3/c1-7-2-5-3(4)6-7/h2H,1H3. The summed E-state index contributed by atoms with van der Waals surface area (Å²) in [4.78, 5) is 3.63. The minimum absolute atomic E-state index is 0.294. The molecular weight excluding hydrogens is 114 g/mol. The van der Waals surface area contributed by atoms with Gasteiger partial charge in [-0.25, -0.2) is 4.98 Å². The molecule has 7 heavy (non-hydrogen) atoms. The van der Waals surface area contributed by atoms with E-state index < -0.39 is 0 Å². The van der Waals surface area contributed by atoms with Crippen LogP contribution in [-0.4, -0.2) is 14.8 Å². The molecule has 0 aliphatic carbocycles. The van der Waals surface area contributed by atoms with E-state index >= 15 is 0 Å². The zero-order valence-electron chi connectivity index (χ0n) is 3.80. The average Bonchev–Trinajstić information content (AvgIpc) is 1.87. The Bertz CT molecular complexity index is 142. The number of nitrogens with zero attached hydrogens (tertiary/aromatic N) is 3. The fraction of sp³-hybridized carbons (Fsp3) is 0.333. The molecule has 0 N–H and O–H groups in total. The van der Waals surface area contributed by atoms with Crippen molar-refractivity contribution in [1.82, 2.24) is 14.8 Å². The molecule has 38 valence electrons. The molecule has 0 unspecified atom stereocenters. The molecule has 3 nitrogen and oxygen atoms in total. The summed E-state index contributed by atoms with van der Waals surface area (Å²) in [6.07, 6.45) is 1.54. The zero-order valence-corrected chi connectivity index (χ0v) is 4.55. The first kappa shape index (κ1) is 4.59. The van der Waals surface area contributed by atoms with Crippen molar-refractivity contribution >= 4 is 11.6 Å². The van der Waals surface area contributed by atoms with E-state index in [-0.39, 0.29) is 0 Å². The number of aryl methyl sites for hydroxylation is 1. The van der Waals surface area contributed by atoms with E-state index in [1.54, 1.807) is 18.1 Å². The number of halogens is 1. The fourth-order valence-corrected chi connectivity index (χ4v) is 0.476. The lowest BCUT2D eigenvalue weighted by Crippen LogP contribution is -1.84. The predicted molar refractivity (Wildman–Crippen MR) is 26.0 cm³/mol. The van der Waals surface area contributed by atoms with Crippen LogP contribution < -0.4 is 0 Å². The summed E-state index contributed by atoms with van der Waals surface area (Å²) in [6, 6.07) is 0. The lowest BCUT2D eigenvalue weighted by atomic mass is 11.2. The third-order valence-corrected chi connectivity index (χ3v) is 0.745. The Morgan fingerprint density at radius 1 is 1.86 bits per heavy atom. The zero-order chi connectivity index (χ0) is 5.28. The van der Waals surface area contributed by atoms with Crippen LogP contribution in [-0.2, 0) is 7.05 Å². The van der Waals surface area contributed by atoms with Gasteiger partial charge in [-0.15, -0.1) is 5.10 Å². The second kappa shape index (κ2) is 1.50. The highest BCUT2D eigenvalue weighted by molar-refractivity contribution is 6.28. The molecule has 0 saturated carbocycles. The molecule has 0 aliphatic heterocycles. The molecule has 0 spiro atoms. The summed E-state index contributed by atoms with van der Waals surface area (Å²) in [5.74, 6) is 0. The molecule has 1 heterocycles. The highest BCUT2D eigenvalue weighted by Gasteiger charge is 1.86. The molecule has 0 aromatic carbocycles. The van der Waals surface area contributed by atoms with Gasteiger partial charge in [0, 0.05) is 7.05 Å². The maximum atomic E-state index is 5.32. The van der Waals surface area contributed by atoms with Gasteiger partial charge in [-0.05, 0) is 11.6 Å². The Morgan fingerprint density at radius 3 is 2.71 bits per heavy atom. The van der Waals surface area contributed by atoms with Gasteiger partial charge < -0.3 is 0 Å². The van der Waals surface area contributed by atoms with Gasteiger partial charge in [0.25, 0.3) is 0 Å². The molecule has 0 atom stereocenters. The summed E-state index contributed by atoms with van der Waals surface area (Å²) in [5, 5.41) is 3.98. The van der Waals surface area contributed by atoms with Crippen molar-refractivity contribution in [2.24, 2.45) is 7.05 Å². The van der Waals surface area contributed by atoms with Crippen LogP contribution in [0.5, 0.6) is 0 Å². The summed E-state index contributed by atoms with van der Waals surface area (Å²) >= 11 is 5.32. The van der Waals surface area contributed by atoms with Crippen LogP contribution >= 0.6 is 11.6 Å². The predicted octanol–water partition coefficient (Wildman–Crippen LogP) is 0.468. The van der Waals surface area contributed by atoms with E-state index in [2.05, 4.69) is 10.1 Å². The molecule has 1 rings (SSSR count). The van der Waals surface area contributed by atoms with Crippen LogP contribution in [0.2, 0.25) is 5.28 Å². The maximum Gasteiger partial charge on any atom is 0.242 e. The third kappa shape index (κ3) is 0.899. The molecule has 0 fully saturated rings. The van der Waals surface area contributed by atoms with Crippen LogP contribution in [0.4, 0.5) is 0 Å². The van der Waals surface area contributed by atoms with Crippen molar-refractivity contribution in [3.8, 4) is 0 Å². The normalized spacial score (nSPS) is 9.43. The largest absolute Gasteiger partial charge is 0.254 e. The van der Waals surface area contributed by atoms with E-state index in [1.165, 1.54) is 0 Å². The number of hydrogen-bond donors (Lipinski definition) is 0. The van der Waals surface area contributed by atoms with E-state index in [4.69, 9.17) is 11.6 Å². The molecule has 0 radical (unpaired) electrons. The number of rotatable bonds is 0. The van der Waals surface area contributed by atoms with Gasteiger partial charge >= 0.3 is 0 Å². The Balaban J connectivity index is 3.04. The molecule has 0 amide bonds. The third-order valence-electron chi connectivity index (χ3n) is 0.572. The maximum absolute atomic E-state index is 5.32. The van der Waals surface area contributed by atoms with E-state index in [1.807, 2.05) is 0 Å². The molecule has 0 bridgehead atoms. The van der Waals surface area contributed by atoms with Crippen molar-refractivity contribution < 1.29 is 0 Å². The SMILES string of the molecule is Cn1cnc(Cl)n1. The van der Waals surface area contributed by atoms with E-state index in [9.17, 15) is 0 Å². The summed E-state index contributed by atoms with van der Waals surface area (Å²) < 4.78 is 1.54. The van der Waals surface area contributed by atoms with Gasteiger partial charge in [0.15, 0.2) is 0 Å². The van der Waals surface area contributed by atoms with Gasteiger partial charge in [0.05, 0.1) is 0 Å². The van der Waals surface area contributed by atoms with Crippen molar-refractivity contribution in [3.63, 3.8) is 0 Å². The van der Waals surface area contributed by atoms with Crippen molar-refractivity contribution in [1.29, 1.82) is 0 Å². The van der Waals surface area contributed by atoms with Gasteiger partial charge in [-0.2, -0.15) is 0 Å². The van der Waals surface area contributed by atoms with Crippen molar-refractivity contribution in [3.05, 3.63) is 11.6 Å². The Labute approximate surface area is 45.9 Å². The van der Waals surface area contributed by atoms with Crippen LogP contribution in [0.3, 0.4) is 0 Å². The summed E-state index contributed by atoms with van der Waals surface area (Å²) in [7, 11) is 1.76. The lowest BCUT2D eigenvalue weighted by molar-refractivity contribution is 0.766. The second-order valence-corrected chi connectivity index (χ2v) is 1.53. The van der Waals surface area contributed by atoms with Crippen LogP contribution in [0, 0.1) is 0 Å². The second-order valence-electron chi connectivity index (χ2n) is 1.19. The monoisotopic (exact) mass is 117 g/mol. The Morgan fingerprint density at radius 2 is 2.57 bits per heavy atom. The first-order chi connectivity index (χ1) is 3.29. The molecular formula is C3H4ClN3. The Hall–Kier alpha value is -0.570. The van der Waals surface area contributed by atoms with Crippen molar-refractivity contribution in [2.75, 3.05) is 0 Å². The number of aromatic nitrogens is 3. The van der Waals surface area contributed by atoms with Gasteiger partial charge in [0.1, 0.15) is 6.33 Å². The minimum atomic E-state index is 0.294. The van der Waals surface area contributed by atoms with Crippen LogP contribution in [0.25, 0.3) is 0 Å². The lowest BCUT2D eigenvalue weighted by Gasteiger charge is -1.75. The average molecular weight is 118 g/mol. The van der Waals surface area contributed by atoms with Crippen molar-refractivity contribution in [2.45, 2.75) is 0 Å². The molecule has 1 aromatic heterocycles. The smallest absolute Gasteiger partial charge is 0.242 e. The highest BCUT2D eigenvalue weighted by Crippen LogP contribution is 1.92. The molecule has 4 heteroatoms. The Kier molecular flexibility index (Phi) is 0.982. The van der Waals surface area contributed by atoms with E-state index in [0.29, 0.717) is 5.28 Å². The molecule has 0 aliphatic rings. The minimum Gasteiger partial charge on any atom is -0.254 e. The first-order valence-electron chi connectivity index (χ1n) is 1.80. The summed E-state index contributed by atoms with van der Waals surface area (Å²) in [5.41, 5.74) is 0. The summed E-state index contributed by atoms with van der Waals surface area (Å²) in [6.45, 7) is 0. The van der Waals surface area contributed by atoms with Crippen LogP contribution in [0.15, 0.2) is 6.33 Å². The number of hydrogen-bond acceptors (Lipinski definition) is 2. The van der Waals surface area contributed by atoms with Gasteiger partial charge in [0.2, 0.25) is 5.28 Å². The highest BCUT2D eigenvalue weighted by atomic mass is 35.5. The topological polar surface area (TPSA) is 30.7 Å². The van der Waals surface area contributed by atoms with Crippen LogP contribution in [0.1, 0.15) is 0 Å². The molecule has 0 saturated heterocycles.